The zero-order valence-electron chi connectivity index (χ0n) is 11.0. The molecule has 2 rings (SSSR count). The predicted molar refractivity (Wildman–Crippen MR) is 74.1 cm³/mol. The van der Waals surface area contributed by atoms with Gasteiger partial charge >= 0.3 is 0 Å². The minimum absolute atomic E-state index is 0. The largest absolute Gasteiger partial charge is 0.330 e. The third-order valence-electron chi connectivity index (χ3n) is 3.49. The number of nitrogens with zero attached hydrogens (tertiary/aromatic N) is 1. The van der Waals surface area contributed by atoms with E-state index in [9.17, 15) is 17.2 Å². The van der Waals surface area contributed by atoms with Crippen molar-refractivity contribution in [2.24, 2.45) is 11.1 Å². The fraction of sp³-hybridized carbons (Fsp3) is 0.500. The van der Waals surface area contributed by atoms with Gasteiger partial charge in [-0.3, -0.25) is 0 Å². The Morgan fingerprint density at radius 2 is 1.85 bits per heavy atom. The first kappa shape index (κ1) is 17.3. The summed E-state index contributed by atoms with van der Waals surface area (Å²) in [5.41, 5.74) is 5.34. The van der Waals surface area contributed by atoms with E-state index in [2.05, 4.69) is 0 Å². The lowest BCUT2D eigenvalue weighted by Gasteiger charge is -2.22. The Hall–Kier alpha value is -0.760. The molecule has 8 heteroatoms. The molecule has 1 aliphatic rings. The van der Waals surface area contributed by atoms with Crippen molar-refractivity contribution in [2.45, 2.75) is 18.2 Å². The summed E-state index contributed by atoms with van der Waals surface area (Å²) in [4.78, 5) is -0.355. The number of hydrogen-bond donors (Lipinski definition) is 1. The molecule has 1 fully saturated rings. The van der Waals surface area contributed by atoms with Crippen molar-refractivity contribution in [1.29, 1.82) is 0 Å². The molecule has 1 unspecified atom stereocenters. The van der Waals surface area contributed by atoms with Gasteiger partial charge in [0.1, 0.15) is 11.6 Å². The maximum absolute atomic E-state index is 13.1. The van der Waals surface area contributed by atoms with E-state index in [1.54, 1.807) is 0 Å². The van der Waals surface area contributed by atoms with Crippen LogP contribution in [0.3, 0.4) is 0 Å². The van der Waals surface area contributed by atoms with Gasteiger partial charge < -0.3 is 5.73 Å². The lowest BCUT2D eigenvalue weighted by molar-refractivity contribution is 0.349. The molecular weight excluding hydrogens is 310 g/mol. The summed E-state index contributed by atoms with van der Waals surface area (Å²) in [5.74, 6) is -1.81. The van der Waals surface area contributed by atoms with Gasteiger partial charge in [0, 0.05) is 19.2 Å². The van der Waals surface area contributed by atoms with Crippen molar-refractivity contribution < 1.29 is 17.2 Å². The second kappa shape index (κ2) is 5.93. The highest BCUT2D eigenvalue weighted by Gasteiger charge is 2.39. The van der Waals surface area contributed by atoms with Crippen molar-refractivity contribution in [3.8, 4) is 0 Å². The average molecular weight is 327 g/mol. The van der Waals surface area contributed by atoms with Gasteiger partial charge in [0.25, 0.3) is 0 Å². The molecule has 0 amide bonds. The van der Waals surface area contributed by atoms with Crippen molar-refractivity contribution in [3.05, 3.63) is 29.8 Å². The van der Waals surface area contributed by atoms with Crippen molar-refractivity contribution in [3.63, 3.8) is 0 Å². The Labute approximate surface area is 123 Å². The molecule has 4 nitrogen and oxygen atoms in total. The third kappa shape index (κ3) is 3.28. The quantitative estimate of drug-likeness (QED) is 0.920. The monoisotopic (exact) mass is 326 g/mol. The standard InChI is InChI=1S/C12H16F2N2O2S.ClH/c1-12(7-15)2-3-16(8-12)19(17,18)11-5-9(13)4-10(14)6-11;/h4-6H,2-3,7-8,15H2,1H3;1H. The molecule has 1 aromatic rings. The molecule has 0 radical (unpaired) electrons. The molecule has 1 aliphatic heterocycles. The van der Waals surface area contributed by atoms with Gasteiger partial charge in [0.2, 0.25) is 10.0 Å². The first-order valence-corrected chi connectivity index (χ1v) is 7.37. The van der Waals surface area contributed by atoms with Crippen LogP contribution < -0.4 is 5.73 Å². The van der Waals surface area contributed by atoms with Gasteiger partial charge in [0.15, 0.2) is 0 Å². The molecule has 0 aromatic heterocycles. The number of nitrogens with two attached hydrogens (primary N) is 1. The summed E-state index contributed by atoms with van der Waals surface area (Å²) in [6.45, 7) is 2.85. The maximum Gasteiger partial charge on any atom is 0.243 e. The Morgan fingerprint density at radius 3 is 2.30 bits per heavy atom. The van der Waals surface area contributed by atoms with E-state index in [1.165, 1.54) is 4.31 Å². The molecule has 2 N–H and O–H groups in total. The van der Waals surface area contributed by atoms with E-state index in [0.717, 1.165) is 12.1 Å². The van der Waals surface area contributed by atoms with Gasteiger partial charge in [-0.1, -0.05) is 6.92 Å². The van der Waals surface area contributed by atoms with E-state index in [-0.39, 0.29) is 29.3 Å². The number of benzene rings is 1. The van der Waals surface area contributed by atoms with E-state index in [4.69, 9.17) is 5.73 Å². The van der Waals surface area contributed by atoms with E-state index < -0.39 is 21.7 Å². The molecule has 20 heavy (non-hydrogen) atoms. The van der Waals surface area contributed by atoms with E-state index >= 15 is 0 Å². The molecular formula is C12H17ClF2N2O2S. The van der Waals surface area contributed by atoms with Crippen molar-refractivity contribution in [1.82, 2.24) is 4.31 Å². The molecule has 1 atom stereocenters. The molecule has 0 spiro atoms. The number of rotatable bonds is 3. The zero-order valence-corrected chi connectivity index (χ0v) is 12.6. The number of hydrogen-bond acceptors (Lipinski definition) is 3. The van der Waals surface area contributed by atoms with Crippen LogP contribution in [0.2, 0.25) is 0 Å². The SMILES string of the molecule is CC1(CN)CCN(S(=O)(=O)c2cc(F)cc(F)c2)C1.Cl. The molecule has 0 bridgehead atoms. The van der Waals surface area contributed by atoms with Gasteiger partial charge in [-0.05, 0) is 30.5 Å². The zero-order chi connectivity index (χ0) is 14.3. The maximum atomic E-state index is 13.1. The van der Waals surface area contributed by atoms with Crippen LogP contribution in [0.25, 0.3) is 0 Å². The average Bonchev–Trinajstić information content (AvgIpc) is 2.72. The first-order chi connectivity index (χ1) is 8.77. The summed E-state index contributed by atoms with van der Waals surface area (Å²) in [7, 11) is -3.87. The Bertz CT molecular complexity index is 577. The van der Waals surface area contributed by atoms with Crippen LogP contribution in [0, 0.1) is 17.0 Å². The summed E-state index contributed by atoms with van der Waals surface area (Å²) >= 11 is 0. The topological polar surface area (TPSA) is 63.4 Å². The Kier molecular flexibility index (Phi) is 5.13. The van der Waals surface area contributed by atoms with Gasteiger partial charge in [-0.15, -0.1) is 12.4 Å². The lowest BCUT2D eigenvalue weighted by Crippen LogP contribution is -2.34. The number of halogens is 3. The lowest BCUT2D eigenvalue weighted by atomic mass is 9.90. The van der Waals surface area contributed by atoms with Crippen LogP contribution >= 0.6 is 12.4 Å². The van der Waals surface area contributed by atoms with E-state index in [1.807, 2.05) is 6.92 Å². The summed E-state index contributed by atoms with van der Waals surface area (Å²) in [6.07, 6.45) is 0.639. The summed E-state index contributed by atoms with van der Waals surface area (Å²) < 4.78 is 52.1. The first-order valence-electron chi connectivity index (χ1n) is 5.93. The van der Waals surface area contributed by atoms with Crippen LogP contribution in [0.4, 0.5) is 8.78 Å². The second-order valence-electron chi connectivity index (χ2n) is 5.21. The van der Waals surface area contributed by atoms with Crippen LogP contribution in [-0.2, 0) is 10.0 Å². The van der Waals surface area contributed by atoms with Crippen LogP contribution in [-0.4, -0.2) is 32.4 Å². The molecule has 0 aliphatic carbocycles. The van der Waals surface area contributed by atoms with Crippen LogP contribution in [0.15, 0.2) is 23.1 Å². The fourth-order valence-corrected chi connectivity index (χ4v) is 3.81. The highest BCUT2D eigenvalue weighted by Crippen LogP contribution is 2.32. The normalized spacial score (nSPS) is 23.6. The Balaban J connectivity index is 0.00000200. The molecule has 1 saturated heterocycles. The van der Waals surface area contributed by atoms with Crippen molar-refractivity contribution in [2.75, 3.05) is 19.6 Å². The molecule has 114 valence electrons. The van der Waals surface area contributed by atoms with Gasteiger partial charge in [-0.25, -0.2) is 17.2 Å². The molecule has 1 heterocycles. The van der Waals surface area contributed by atoms with Crippen molar-refractivity contribution >= 4 is 22.4 Å². The highest BCUT2D eigenvalue weighted by molar-refractivity contribution is 7.89. The highest BCUT2D eigenvalue weighted by atomic mass is 35.5. The van der Waals surface area contributed by atoms with Gasteiger partial charge in [-0.2, -0.15) is 4.31 Å². The third-order valence-corrected chi connectivity index (χ3v) is 5.31. The molecule has 0 saturated carbocycles. The smallest absolute Gasteiger partial charge is 0.243 e. The minimum Gasteiger partial charge on any atom is -0.330 e. The second-order valence-corrected chi connectivity index (χ2v) is 7.15. The predicted octanol–water partition coefficient (Wildman–Crippen LogP) is 1.75. The van der Waals surface area contributed by atoms with Crippen LogP contribution in [0.5, 0.6) is 0 Å². The van der Waals surface area contributed by atoms with E-state index in [0.29, 0.717) is 25.6 Å². The summed E-state index contributed by atoms with van der Waals surface area (Å²) in [5, 5.41) is 0. The summed E-state index contributed by atoms with van der Waals surface area (Å²) in [6, 6.07) is 2.31. The number of sulfonamides is 1. The molecule has 1 aromatic carbocycles. The van der Waals surface area contributed by atoms with Crippen LogP contribution in [0.1, 0.15) is 13.3 Å². The minimum atomic E-state index is -3.87. The Morgan fingerprint density at radius 1 is 1.30 bits per heavy atom. The van der Waals surface area contributed by atoms with Gasteiger partial charge in [0.05, 0.1) is 4.90 Å². The fourth-order valence-electron chi connectivity index (χ4n) is 2.18.